The fourth-order valence-corrected chi connectivity index (χ4v) is 1.46. The number of rotatable bonds is 2. The lowest BCUT2D eigenvalue weighted by atomic mass is 10.1. The molecule has 0 radical (unpaired) electrons. The summed E-state index contributed by atoms with van der Waals surface area (Å²) in [5, 5.41) is 15.4. The minimum atomic E-state index is -1.04. The largest absolute Gasteiger partial charge is 0.476 e. The van der Waals surface area contributed by atoms with Crippen LogP contribution < -0.4 is 0 Å². The zero-order chi connectivity index (χ0) is 10.8. The van der Waals surface area contributed by atoms with Gasteiger partial charge in [-0.2, -0.15) is 5.10 Å². The summed E-state index contributed by atoms with van der Waals surface area (Å²) in [5.41, 5.74) is 2.19. The number of aromatic amines is 1. The van der Waals surface area contributed by atoms with Gasteiger partial charge in [0.05, 0.1) is 0 Å². The minimum absolute atomic E-state index is 0.0405. The Morgan fingerprint density at radius 3 is 2.67 bits per heavy atom. The van der Waals surface area contributed by atoms with E-state index in [1.54, 1.807) is 31.5 Å². The van der Waals surface area contributed by atoms with E-state index < -0.39 is 5.97 Å². The normalized spacial score (nSPS) is 10.2. The van der Waals surface area contributed by atoms with Gasteiger partial charge in [0.2, 0.25) is 0 Å². The Hall–Kier alpha value is -2.17. The van der Waals surface area contributed by atoms with Crippen molar-refractivity contribution in [1.82, 2.24) is 15.2 Å². The van der Waals surface area contributed by atoms with Crippen LogP contribution in [0.2, 0.25) is 0 Å². The lowest BCUT2D eigenvalue weighted by molar-refractivity contribution is 0.0691. The first-order chi connectivity index (χ1) is 7.20. The van der Waals surface area contributed by atoms with E-state index in [1.807, 2.05) is 0 Å². The van der Waals surface area contributed by atoms with Crippen molar-refractivity contribution >= 4 is 5.97 Å². The van der Waals surface area contributed by atoms with Gasteiger partial charge in [-0.1, -0.05) is 0 Å². The van der Waals surface area contributed by atoms with Crippen molar-refractivity contribution in [3.05, 3.63) is 35.9 Å². The highest BCUT2D eigenvalue weighted by Crippen LogP contribution is 2.24. The van der Waals surface area contributed by atoms with Crippen LogP contribution in [0.4, 0.5) is 0 Å². The fourth-order valence-electron chi connectivity index (χ4n) is 1.46. The quantitative estimate of drug-likeness (QED) is 0.774. The summed E-state index contributed by atoms with van der Waals surface area (Å²) in [6, 6.07) is 3.51. The van der Waals surface area contributed by atoms with Crippen LogP contribution in [-0.4, -0.2) is 26.3 Å². The van der Waals surface area contributed by atoms with E-state index >= 15 is 0 Å². The molecule has 2 heterocycles. The summed E-state index contributed by atoms with van der Waals surface area (Å²) in [6.45, 7) is 1.79. The number of carboxylic acid groups (broad SMARTS) is 1. The lowest BCUT2D eigenvalue weighted by Gasteiger charge is -1.99. The molecular weight excluding hydrogens is 194 g/mol. The van der Waals surface area contributed by atoms with E-state index in [0.29, 0.717) is 5.56 Å². The number of nitrogens with one attached hydrogen (secondary N) is 1. The van der Waals surface area contributed by atoms with Crippen LogP contribution in [0.25, 0.3) is 11.1 Å². The number of carbonyl (C=O) groups is 1. The minimum Gasteiger partial charge on any atom is -0.476 e. The van der Waals surface area contributed by atoms with Crippen LogP contribution in [-0.2, 0) is 0 Å². The van der Waals surface area contributed by atoms with Gasteiger partial charge in [0, 0.05) is 23.7 Å². The topological polar surface area (TPSA) is 78.9 Å². The number of aryl methyl sites for hydroxylation is 1. The fraction of sp³-hybridized carbons (Fsp3) is 0.100. The maximum atomic E-state index is 10.9. The third-order valence-electron chi connectivity index (χ3n) is 2.12. The highest BCUT2D eigenvalue weighted by atomic mass is 16.4. The van der Waals surface area contributed by atoms with Crippen LogP contribution in [0.15, 0.2) is 24.5 Å². The molecule has 2 aromatic heterocycles. The average molecular weight is 203 g/mol. The van der Waals surface area contributed by atoms with Gasteiger partial charge in [0.15, 0.2) is 5.69 Å². The van der Waals surface area contributed by atoms with Crippen molar-refractivity contribution in [2.45, 2.75) is 6.92 Å². The molecule has 2 aromatic rings. The molecule has 0 saturated heterocycles. The Balaban J connectivity index is 2.62. The van der Waals surface area contributed by atoms with Crippen LogP contribution in [0, 0.1) is 6.92 Å². The summed E-state index contributed by atoms with van der Waals surface area (Å²) in [4.78, 5) is 14.8. The predicted octanol–water partition coefficient (Wildman–Crippen LogP) is 1.48. The first-order valence-corrected chi connectivity index (χ1v) is 4.39. The number of aromatic carboxylic acids is 1. The number of hydrogen-bond donors (Lipinski definition) is 2. The molecular formula is C10H9N3O2. The second kappa shape index (κ2) is 3.53. The number of pyridine rings is 1. The third kappa shape index (κ3) is 1.59. The molecule has 0 bridgehead atoms. The lowest BCUT2D eigenvalue weighted by Crippen LogP contribution is -1.99. The van der Waals surface area contributed by atoms with Crippen LogP contribution >= 0.6 is 0 Å². The highest BCUT2D eigenvalue weighted by Gasteiger charge is 2.17. The van der Waals surface area contributed by atoms with Crippen molar-refractivity contribution in [3.63, 3.8) is 0 Å². The zero-order valence-corrected chi connectivity index (χ0v) is 8.06. The summed E-state index contributed by atoms with van der Waals surface area (Å²) >= 11 is 0. The van der Waals surface area contributed by atoms with Crippen molar-refractivity contribution in [3.8, 4) is 11.1 Å². The smallest absolute Gasteiger partial charge is 0.357 e. The first kappa shape index (κ1) is 9.39. The van der Waals surface area contributed by atoms with Crippen LogP contribution in [0.1, 0.15) is 16.2 Å². The Morgan fingerprint density at radius 1 is 1.40 bits per heavy atom. The number of aromatic nitrogens is 3. The van der Waals surface area contributed by atoms with Crippen molar-refractivity contribution in [2.75, 3.05) is 0 Å². The van der Waals surface area contributed by atoms with E-state index in [1.165, 1.54) is 0 Å². The number of H-pyrrole nitrogens is 1. The average Bonchev–Trinajstić information content (AvgIpc) is 2.61. The SMILES string of the molecule is Cc1[nH]nc(C(=O)O)c1-c1ccncc1. The van der Waals surface area contributed by atoms with E-state index in [4.69, 9.17) is 5.11 Å². The molecule has 0 amide bonds. The van der Waals surface area contributed by atoms with Gasteiger partial charge in [-0.05, 0) is 24.6 Å². The third-order valence-corrected chi connectivity index (χ3v) is 2.12. The molecule has 0 aliphatic carbocycles. The Labute approximate surface area is 85.8 Å². The second-order valence-corrected chi connectivity index (χ2v) is 3.11. The molecule has 5 heteroatoms. The summed E-state index contributed by atoms with van der Waals surface area (Å²) in [7, 11) is 0. The molecule has 15 heavy (non-hydrogen) atoms. The number of hydrogen-bond acceptors (Lipinski definition) is 3. The summed E-state index contributed by atoms with van der Waals surface area (Å²) < 4.78 is 0. The molecule has 0 aromatic carbocycles. The maximum Gasteiger partial charge on any atom is 0.357 e. The molecule has 0 spiro atoms. The van der Waals surface area contributed by atoms with Crippen molar-refractivity contribution < 1.29 is 9.90 Å². The first-order valence-electron chi connectivity index (χ1n) is 4.39. The maximum absolute atomic E-state index is 10.9. The molecule has 0 saturated carbocycles. The van der Waals surface area contributed by atoms with Gasteiger partial charge >= 0.3 is 5.97 Å². The van der Waals surface area contributed by atoms with Gasteiger partial charge < -0.3 is 5.11 Å². The summed E-state index contributed by atoms with van der Waals surface area (Å²) in [6.07, 6.45) is 3.24. The van der Waals surface area contributed by atoms with Gasteiger partial charge in [0.25, 0.3) is 0 Å². The van der Waals surface area contributed by atoms with Gasteiger partial charge in [-0.3, -0.25) is 10.1 Å². The van der Waals surface area contributed by atoms with Gasteiger partial charge in [-0.25, -0.2) is 4.79 Å². The van der Waals surface area contributed by atoms with Crippen LogP contribution in [0.5, 0.6) is 0 Å². The van der Waals surface area contributed by atoms with Crippen molar-refractivity contribution in [2.24, 2.45) is 0 Å². The molecule has 5 nitrogen and oxygen atoms in total. The Bertz CT molecular complexity index is 491. The highest BCUT2D eigenvalue weighted by molar-refractivity contribution is 5.94. The van der Waals surface area contributed by atoms with Crippen LogP contribution in [0.3, 0.4) is 0 Å². The molecule has 2 rings (SSSR count). The molecule has 0 atom stereocenters. The van der Waals surface area contributed by atoms with Gasteiger partial charge in [-0.15, -0.1) is 0 Å². The van der Waals surface area contributed by atoms with E-state index in [0.717, 1.165) is 11.3 Å². The Kier molecular flexibility index (Phi) is 2.21. The van der Waals surface area contributed by atoms with Gasteiger partial charge in [0.1, 0.15) is 0 Å². The standard InChI is InChI=1S/C10H9N3O2/c1-6-8(7-2-4-11-5-3-7)9(10(14)15)13-12-6/h2-5H,1H3,(H,12,13)(H,14,15). The molecule has 76 valence electrons. The monoisotopic (exact) mass is 203 g/mol. The summed E-state index contributed by atoms with van der Waals surface area (Å²) in [5.74, 6) is -1.04. The molecule has 0 aliphatic rings. The second-order valence-electron chi connectivity index (χ2n) is 3.11. The molecule has 0 fully saturated rings. The van der Waals surface area contributed by atoms with Crippen molar-refractivity contribution in [1.29, 1.82) is 0 Å². The molecule has 0 aliphatic heterocycles. The predicted molar refractivity (Wildman–Crippen MR) is 53.5 cm³/mol. The molecule has 2 N–H and O–H groups in total. The number of carboxylic acids is 1. The number of nitrogens with zero attached hydrogens (tertiary/aromatic N) is 2. The van der Waals surface area contributed by atoms with E-state index in [9.17, 15) is 4.79 Å². The Morgan fingerprint density at radius 2 is 2.07 bits per heavy atom. The van der Waals surface area contributed by atoms with E-state index in [-0.39, 0.29) is 5.69 Å². The molecule has 0 unspecified atom stereocenters. The zero-order valence-electron chi connectivity index (χ0n) is 8.06. The van der Waals surface area contributed by atoms with E-state index in [2.05, 4.69) is 15.2 Å².